The zero-order valence-electron chi connectivity index (χ0n) is 26.6. The predicted molar refractivity (Wildman–Crippen MR) is 171 cm³/mol. The number of anilines is 1. The minimum absolute atomic E-state index is 0.0117. The molecule has 0 heterocycles. The van der Waals surface area contributed by atoms with E-state index in [1.807, 2.05) is 26.0 Å². The number of aryl methyl sites for hydroxylation is 1. The van der Waals surface area contributed by atoms with Crippen LogP contribution in [0.5, 0.6) is 17.2 Å². The number of nitrogens with one attached hydrogen (secondary N) is 3. The Bertz CT molecular complexity index is 1500. The molecular formula is C35H45N3O6. The Morgan fingerprint density at radius 2 is 1.80 bits per heavy atom. The lowest BCUT2D eigenvalue weighted by Crippen LogP contribution is -2.46. The highest BCUT2D eigenvalue weighted by atomic mass is 16.5. The molecule has 0 spiro atoms. The summed E-state index contributed by atoms with van der Waals surface area (Å²) in [4.78, 5) is 39.7. The van der Waals surface area contributed by atoms with Gasteiger partial charge in [0.1, 0.15) is 6.04 Å². The largest absolute Gasteiger partial charge is 0.493 e. The average molecular weight is 604 g/mol. The van der Waals surface area contributed by atoms with Gasteiger partial charge >= 0.3 is 0 Å². The van der Waals surface area contributed by atoms with E-state index in [-0.39, 0.29) is 23.2 Å². The van der Waals surface area contributed by atoms with Crippen LogP contribution >= 0.6 is 0 Å². The standard InChI is InChI=1S/C35H45N3O6/c1-7-19(2)32(35(41)36-18-24-15-21-8-9-22(24)14-21)38-28-13-11-25-26(17-29(28)40)27(37-20(3)39)12-10-23-16-30(42-4)33(43-5)34(44-6)31(23)25/h8-9,11,13,16-17,19,21-22,24,27,32H,7,10,12,14-15,18H2,1-6H3,(H,36,41)(H,37,39)(H,38,40)/t19-,21+,22+,24+,27+,32+/m1/s1. The summed E-state index contributed by atoms with van der Waals surface area (Å²) in [5, 5.41) is 9.54. The molecule has 2 aromatic carbocycles. The molecule has 0 aliphatic heterocycles. The van der Waals surface area contributed by atoms with Gasteiger partial charge in [-0.3, -0.25) is 14.4 Å². The lowest BCUT2D eigenvalue weighted by molar-refractivity contribution is -0.123. The van der Waals surface area contributed by atoms with E-state index in [2.05, 4.69) is 28.1 Å². The summed E-state index contributed by atoms with van der Waals surface area (Å²) < 4.78 is 17.2. The van der Waals surface area contributed by atoms with Gasteiger partial charge < -0.3 is 30.2 Å². The third kappa shape index (κ3) is 6.14. The summed E-state index contributed by atoms with van der Waals surface area (Å²) >= 11 is 0. The molecule has 1 saturated carbocycles. The Hall–Kier alpha value is -4.01. The zero-order valence-corrected chi connectivity index (χ0v) is 26.6. The van der Waals surface area contributed by atoms with Crippen LogP contribution in [-0.4, -0.2) is 45.7 Å². The first kappa shape index (κ1) is 31.4. The summed E-state index contributed by atoms with van der Waals surface area (Å²) in [6, 6.07) is 6.13. The van der Waals surface area contributed by atoms with Gasteiger partial charge in [-0.25, -0.2) is 0 Å². The van der Waals surface area contributed by atoms with Crippen LogP contribution in [0.1, 0.15) is 63.6 Å². The summed E-state index contributed by atoms with van der Waals surface area (Å²) in [5.41, 5.74) is 3.22. The highest BCUT2D eigenvalue weighted by Gasteiger charge is 2.36. The lowest BCUT2D eigenvalue weighted by atomic mass is 9.93. The monoisotopic (exact) mass is 603 g/mol. The molecule has 6 atom stereocenters. The smallest absolute Gasteiger partial charge is 0.242 e. The van der Waals surface area contributed by atoms with Gasteiger partial charge in [0.05, 0.1) is 33.1 Å². The maximum Gasteiger partial charge on any atom is 0.242 e. The third-order valence-electron chi connectivity index (χ3n) is 9.68. The SMILES string of the molecule is CC[C@@H](C)[C@H](Nc1ccc2c(cc1=O)[C@@H](NC(C)=O)CCc1cc(OC)c(OC)c(OC)c1-2)C(=O)NC[C@@H]1C[C@H]2C=C[C@H]1C2. The van der Waals surface area contributed by atoms with E-state index < -0.39 is 12.1 Å². The zero-order chi connectivity index (χ0) is 31.5. The Morgan fingerprint density at radius 3 is 2.41 bits per heavy atom. The number of benzene rings is 1. The molecule has 5 rings (SSSR count). The number of allylic oxidation sites excluding steroid dienone is 2. The second kappa shape index (κ2) is 13.3. The maximum atomic E-state index is 13.9. The van der Waals surface area contributed by atoms with Crippen LogP contribution in [0.25, 0.3) is 11.1 Å². The van der Waals surface area contributed by atoms with Gasteiger partial charge in [-0.1, -0.05) is 38.5 Å². The fraction of sp³-hybridized carbons (Fsp3) is 0.514. The summed E-state index contributed by atoms with van der Waals surface area (Å²) in [6.45, 7) is 6.18. The number of carbonyl (C=O) groups excluding carboxylic acids is 2. The summed E-state index contributed by atoms with van der Waals surface area (Å²) in [6.07, 6.45) is 8.85. The van der Waals surface area contributed by atoms with E-state index in [0.717, 1.165) is 29.5 Å². The molecule has 44 heavy (non-hydrogen) atoms. The molecule has 3 N–H and O–H groups in total. The predicted octanol–water partition coefficient (Wildman–Crippen LogP) is 5.02. The molecule has 2 amide bonds. The third-order valence-corrected chi connectivity index (χ3v) is 9.68. The molecule has 2 aromatic rings. The molecule has 0 unspecified atom stereocenters. The lowest BCUT2D eigenvalue weighted by Gasteiger charge is -2.26. The first-order chi connectivity index (χ1) is 21.2. The molecule has 0 aromatic heterocycles. The van der Waals surface area contributed by atoms with Crippen LogP contribution in [0.3, 0.4) is 0 Å². The Kier molecular flexibility index (Phi) is 9.51. The van der Waals surface area contributed by atoms with Gasteiger partial charge in [-0.2, -0.15) is 0 Å². The van der Waals surface area contributed by atoms with Crippen molar-refractivity contribution in [3.05, 3.63) is 57.8 Å². The quantitative estimate of drug-likeness (QED) is 0.309. The van der Waals surface area contributed by atoms with Crippen molar-refractivity contribution < 1.29 is 23.8 Å². The van der Waals surface area contributed by atoms with Gasteiger partial charge in [0.2, 0.25) is 23.0 Å². The Balaban J connectivity index is 1.54. The number of hydrogen-bond donors (Lipinski definition) is 3. The van der Waals surface area contributed by atoms with Gasteiger partial charge in [-0.05, 0) is 84.2 Å². The first-order valence-electron chi connectivity index (χ1n) is 15.7. The van der Waals surface area contributed by atoms with Crippen molar-refractivity contribution in [2.75, 3.05) is 33.2 Å². The first-order valence-corrected chi connectivity index (χ1v) is 15.7. The van der Waals surface area contributed by atoms with Crippen LogP contribution in [-0.2, 0) is 16.0 Å². The Labute approximate surface area is 259 Å². The second-order valence-corrected chi connectivity index (χ2v) is 12.4. The van der Waals surface area contributed by atoms with Crippen LogP contribution in [0.15, 0.2) is 41.2 Å². The maximum absolute atomic E-state index is 13.9. The van der Waals surface area contributed by atoms with E-state index in [4.69, 9.17) is 14.2 Å². The number of methoxy groups -OCH3 is 3. The van der Waals surface area contributed by atoms with Gasteiger partial charge in [0.15, 0.2) is 11.5 Å². The van der Waals surface area contributed by atoms with E-state index in [1.165, 1.54) is 13.3 Å². The second-order valence-electron chi connectivity index (χ2n) is 12.4. The minimum Gasteiger partial charge on any atom is -0.493 e. The molecule has 9 heteroatoms. The molecule has 2 bridgehead atoms. The fourth-order valence-electron chi connectivity index (χ4n) is 7.17. The van der Waals surface area contributed by atoms with E-state index >= 15 is 0 Å². The van der Waals surface area contributed by atoms with E-state index in [9.17, 15) is 14.4 Å². The molecule has 236 valence electrons. The number of amides is 2. The van der Waals surface area contributed by atoms with Crippen LogP contribution in [0.2, 0.25) is 0 Å². The number of rotatable bonds is 11. The highest BCUT2D eigenvalue weighted by Crippen LogP contribution is 2.50. The van der Waals surface area contributed by atoms with Crippen molar-refractivity contribution in [1.29, 1.82) is 0 Å². The Morgan fingerprint density at radius 1 is 1.02 bits per heavy atom. The molecule has 1 fully saturated rings. The van der Waals surface area contributed by atoms with Gasteiger partial charge in [0.25, 0.3) is 0 Å². The number of fused-ring (bicyclic) bond motifs is 5. The fourth-order valence-corrected chi connectivity index (χ4v) is 7.17. The normalized spacial score (nSPS) is 22.6. The molecule has 0 radical (unpaired) electrons. The number of hydrogen-bond acceptors (Lipinski definition) is 7. The van der Waals surface area contributed by atoms with Crippen LogP contribution in [0, 0.1) is 23.7 Å². The molecule has 3 aliphatic rings. The topological polar surface area (TPSA) is 115 Å². The molecule has 9 nitrogen and oxygen atoms in total. The average Bonchev–Trinajstić information content (AvgIpc) is 3.57. The highest BCUT2D eigenvalue weighted by molar-refractivity contribution is 5.86. The van der Waals surface area contributed by atoms with E-state index in [0.29, 0.717) is 65.6 Å². The van der Waals surface area contributed by atoms with E-state index in [1.54, 1.807) is 33.5 Å². The van der Waals surface area contributed by atoms with Crippen LogP contribution < -0.4 is 35.6 Å². The van der Waals surface area contributed by atoms with Crippen molar-refractivity contribution in [2.45, 2.75) is 65.0 Å². The van der Waals surface area contributed by atoms with Crippen molar-refractivity contribution in [2.24, 2.45) is 23.7 Å². The van der Waals surface area contributed by atoms with Crippen LogP contribution in [0.4, 0.5) is 5.69 Å². The van der Waals surface area contributed by atoms with Gasteiger partial charge in [-0.15, -0.1) is 0 Å². The van der Waals surface area contributed by atoms with Crippen molar-refractivity contribution >= 4 is 17.5 Å². The molecular weight excluding hydrogens is 558 g/mol. The molecule has 3 aliphatic carbocycles. The minimum atomic E-state index is -0.582. The van der Waals surface area contributed by atoms with Crippen molar-refractivity contribution in [3.63, 3.8) is 0 Å². The number of carbonyl (C=O) groups is 2. The molecule has 0 saturated heterocycles. The van der Waals surface area contributed by atoms with Gasteiger partial charge in [0, 0.05) is 19.0 Å². The van der Waals surface area contributed by atoms with Crippen molar-refractivity contribution in [1.82, 2.24) is 10.6 Å². The summed E-state index contributed by atoms with van der Waals surface area (Å²) in [5.74, 6) is 2.83. The number of ether oxygens (including phenoxy) is 3. The van der Waals surface area contributed by atoms with Crippen molar-refractivity contribution in [3.8, 4) is 28.4 Å². The summed E-state index contributed by atoms with van der Waals surface area (Å²) in [7, 11) is 4.71.